The third kappa shape index (κ3) is 4.10. The topological polar surface area (TPSA) is 37.8 Å². The fourth-order valence-electron chi connectivity index (χ4n) is 1.66. The van der Waals surface area contributed by atoms with Crippen LogP contribution >= 0.6 is 11.8 Å². The van der Waals surface area contributed by atoms with Crippen molar-refractivity contribution < 1.29 is 0 Å². The molecule has 4 heteroatoms. The van der Waals surface area contributed by atoms with E-state index < -0.39 is 0 Å². The van der Waals surface area contributed by atoms with Crippen LogP contribution in [0.15, 0.2) is 6.20 Å². The lowest BCUT2D eigenvalue weighted by molar-refractivity contribution is 0.565. The van der Waals surface area contributed by atoms with Gasteiger partial charge in [-0.25, -0.2) is 9.97 Å². The number of hydrogen-bond donors (Lipinski definition) is 1. The minimum Gasteiger partial charge on any atom is -0.310 e. The molecule has 90 valence electrons. The van der Waals surface area contributed by atoms with E-state index in [1.165, 1.54) is 17.7 Å². The number of hydrogen-bond acceptors (Lipinski definition) is 4. The Balaban J connectivity index is 2.49. The average molecular weight is 239 g/mol. The molecule has 0 aliphatic rings. The van der Waals surface area contributed by atoms with Gasteiger partial charge in [0.2, 0.25) is 0 Å². The minimum atomic E-state index is 0.336. The van der Waals surface area contributed by atoms with E-state index in [0.717, 1.165) is 18.1 Å². The van der Waals surface area contributed by atoms with Crippen molar-refractivity contribution in [2.45, 2.75) is 33.2 Å². The molecule has 0 aliphatic heterocycles. The van der Waals surface area contributed by atoms with Crippen LogP contribution in [0.5, 0.6) is 0 Å². The third-order valence-electron chi connectivity index (χ3n) is 2.58. The molecule has 1 heterocycles. The van der Waals surface area contributed by atoms with Crippen molar-refractivity contribution in [3.63, 3.8) is 0 Å². The fourth-order valence-corrected chi connectivity index (χ4v) is 2.10. The monoisotopic (exact) mass is 239 g/mol. The molecule has 1 aromatic heterocycles. The van der Waals surface area contributed by atoms with Gasteiger partial charge in [0, 0.05) is 23.5 Å². The van der Waals surface area contributed by atoms with E-state index >= 15 is 0 Å². The second-order valence-corrected chi connectivity index (χ2v) is 4.97. The molecule has 3 nitrogen and oxygen atoms in total. The van der Waals surface area contributed by atoms with Gasteiger partial charge >= 0.3 is 0 Å². The van der Waals surface area contributed by atoms with E-state index in [1.54, 1.807) is 0 Å². The second-order valence-electron chi connectivity index (χ2n) is 3.98. The van der Waals surface area contributed by atoms with Crippen LogP contribution in [0, 0.1) is 13.8 Å². The number of thioether (sulfide) groups is 1. The Morgan fingerprint density at radius 3 is 2.81 bits per heavy atom. The SMILES string of the molecule is CSCCCNC(C)c1cnc(C)nc1C. The summed E-state index contributed by atoms with van der Waals surface area (Å²) < 4.78 is 0. The quantitative estimate of drug-likeness (QED) is 0.774. The standard InChI is InChI=1S/C12H21N3S/c1-9(13-6-5-7-16-4)12-8-14-11(3)15-10(12)2/h8-9,13H,5-7H2,1-4H3. The number of rotatable bonds is 6. The van der Waals surface area contributed by atoms with E-state index in [1.807, 2.05) is 31.8 Å². The zero-order valence-corrected chi connectivity index (χ0v) is 11.4. The first-order valence-corrected chi connectivity index (χ1v) is 7.07. The average Bonchev–Trinajstić information content (AvgIpc) is 2.24. The minimum absolute atomic E-state index is 0.336. The van der Waals surface area contributed by atoms with Crippen molar-refractivity contribution in [2.75, 3.05) is 18.6 Å². The normalized spacial score (nSPS) is 12.8. The van der Waals surface area contributed by atoms with Crippen molar-refractivity contribution in [1.29, 1.82) is 0 Å². The van der Waals surface area contributed by atoms with Crippen LogP contribution in [0.3, 0.4) is 0 Å². The largest absolute Gasteiger partial charge is 0.310 e. The number of aryl methyl sites for hydroxylation is 2. The first-order chi connectivity index (χ1) is 7.65. The van der Waals surface area contributed by atoms with E-state index in [0.29, 0.717) is 6.04 Å². The molecule has 1 N–H and O–H groups in total. The first-order valence-electron chi connectivity index (χ1n) is 5.67. The Kier molecular flexibility index (Phi) is 5.77. The zero-order chi connectivity index (χ0) is 12.0. The lowest BCUT2D eigenvalue weighted by Crippen LogP contribution is -2.21. The first kappa shape index (κ1) is 13.5. The van der Waals surface area contributed by atoms with Crippen LogP contribution in [0.2, 0.25) is 0 Å². The third-order valence-corrected chi connectivity index (χ3v) is 3.28. The van der Waals surface area contributed by atoms with E-state index in [2.05, 4.69) is 28.5 Å². The molecule has 0 aliphatic carbocycles. The summed E-state index contributed by atoms with van der Waals surface area (Å²) in [6, 6.07) is 0.336. The van der Waals surface area contributed by atoms with Crippen molar-refractivity contribution >= 4 is 11.8 Å². The predicted octanol–water partition coefficient (Wildman–Crippen LogP) is 2.50. The van der Waals surface area contributed by atoms with E-state index in [9.17, 15) is 0 Å². The van der Waals surface area contributed by atoms with Crippen LogP contribution in [-0.4, -0.2) is 28.5 Å². The number of aromatic nitrogens is 2. The summed E-state index contributed by atoms with van der Waals surface area (Å²) in [5.41, 5.74) is 2.28. The maximum Gasteiger partial charge on any atom is 0.125 e. The van der Waals surface area contributed by atoms with Gasteiger partial charge in [0.25, 0.3) is 0 Å². The second kappa shape index (κ2) is 6.86. The number of nitrogens with one attached hydrogen (secondary N) is 1. The summed E-state index contributed by atoms with van der Waals surface area (Å²) >= 11 is 1.89. The van der Waals surface area contributed by atoms with Crippen LogP contribution in [0.25, 0.3) is 0 Å². The maximum atomic E-state index is 4.38. The van der Waals surface area contributed by atoms with Crippen molar-refractivity contribution in [1.82, 2.24) is 15.3 Å². The summed E-state index contributed by atoms with van der Waals surface area (Å²) in [5, 5.41) is 3.50. The molecular weight excluding hydrogens is 218 g/mol. The van der Waals surface area contributed by atoms with E-state index in [-0.39, 0.29) is 0 Å². The molecule has 0 radical (unpaired) electrons. The molecule has 1 unspecified atom stereocenters. The van der Waals surface area contributed by atoms with Crippen molar-refractivity contribution in [2.24, 2.45) is 0 Å². The summed E-state index contributed by atoms with van der Waals surface area (Å²) in [6.07, 6.45) is 5.28. The van der Waals surface area contributed by atoms with Gasteiger partial charge in [0.15, 0.2) is 0 Å². The van der Waals surface area contributed by atoms with Gasteiger partial charge < -0.3 is 5.32 Å². The van der Waals surface area contributed by atoms with Crippen molar-refractivity contribution in [3.8, 4) is 0 Å². The molecule has 16 heavy (non-hydrogen) atoms. The Labute approximate surface area is 102 Å². The van der Waals surface area contributed by atoms with Gasteiger partial charge in [0.05, 0.1) is 0 Å². The Morgan fingerprint density at radius 2 is 2.19 bits per heavy atom. The predicted molar refractivity (Wildman–Crippen MR) is 70.9 cm³/mol. The molecule has 1 atom stereocenters. The smallest absolute Gasteiger partial charge is 0.125 e. The Hall–Kier alpha value is -0.610. The summed E-state index contributed by atoms with van der Waals surface area (Å²) in [5.74, 6) is 2.05. The molecule has 0 fully saturated rings. The molecule has 0 saturated carbocycles. The van der Waals surface area contributed by atoms with Gasteiger partial charge in [-0.05, 0) is 45.7 Å². The molecule has 0 saturated heterocycles. The van der Waals surface area contributed by atoms with E-state index in [4.69, 9.17) is 0 Å². The zero-order valence-electron chi connectivity index (χ0n) is 10.6. The van der Waals surface area contributed by atoms with Gasteiger partial charge in [0.1, 0.15) is 5.82 Å². The maximum absolute atomic E-state index is 4.38. The molecule has 0 spiro atoms. The summed E-state index contributed by atoms with van der Waals surface area (Å²) in [7, 11) is 0. The van der Waals surface area contributed by atoms with Gasteiger partial charge in [-0.1, -0.05) is 0 Å². The lowest BCUT2D eigenvalue weighted by atomic mass is 10.1. The number of nitrogens with zero attached hydrogens (tertiary/aromatic N) is 2. The molecule has 0 aromatic carbocycles. The molecule has 1 aromatic rings. The van der Waals surface area contributed by atoms with Gasteiger partial charge in [-0.3, -0.25) is 0 Å². The molecule has 1 rings (SSSR count). The molecular formula is C12H21N3S. The summed E-state index contributed by atoms with van der Waals surface area (Å²) in [6.45, 7) is 7.19. The van der Waals surface area contributed by atoms with Crippen LogP contribution < -0.4 is 5.32 Å². The van der Waals surface area contributed by atoms with Gasteiger partial charge in [-0.2, -0.15) is 11.8 Å². The van der Waals surface area contributed by atoms with Crippen LogP contribution in [0.1, 0.15) is 36.5 Å². The van der Waals surface area contributed by atoms with Crippen molar-refractivity contribution in [3.05, 3.63) is 23.3 Å². The fraction of sp³-hybridized carbons (Fsp3) is 0.667. The summed E-state index contributed by atoms with van der Waals surface area (Å²) in [4.78, 5) is 8.63. The van der Waals surface area contributed by atoms with Gasteiger partial charge in [-0.15, -0.1) is 0 Å². The highest BCUT2D eigenvalue weighted by Gasteiger charge is 2.08. The molecule has 0 bridgehead atoms. The Morgan fingerprint density at radius 1 is 1.44 bits per heavy atom. The van der Waals surface area contributed by atoms with Crippen LogP contribution in [0.4, 0.5) is 0 Å². The highest BCUT2D eigenvalue weighted by molar-refractivity contribution is 7.98. The lowest BCUT2D eigenvalue weighted by Gasteiger charge is -2.15. The van der Waals surface area contributed by atoms with Crippen LogP contribution in [-0.2, 0) is 0 Å². The Bertz CT molecular complexity index is 328. The highest BCUT2D eigenvalue weighted by atomic mass is 32.2. The highest BCUT2D eigenvalue weighted by Crippen LogP contribution is 2.14. The molecule has 0 amide bonds.